The number of halogens is 2. The van der Waals surface area contributed by atoms with Gasteiger partial charge in [-0.1, -0.05) is 21.1 Å². The van der Waals surface area contributed by atoms with Gasteiger partial charge in [0.2, 0.25) is 0 Å². The van der Waals surface area contributed by atoms with E-state index in [9.17, 15) is 0 Å². The standard InChI is InChI=1S/C10H10Br2N4/c1-13-5-8-6-14-15-16(8)10-4-7(11)2-3-9(10)12/h2-4,6,13H,5H2,1H3. The van der Waals surface area contributed by atoms with Crippen molar-refractivity contribution in [3.05, 3.63) is 39.0 Å². The Kier molecular flexibility index (Phi) is 3.73. The molecule has 1 N–H and O–H groups in total. The topological polar surface area (TPSA) is 42.7 Å². The molecule has 0 aliphatic carbocycles. The average Bonchev–Trinajstić information content (AvgIpc) is 2.70. The maximum absolute atomic E-state index is 4.08. The van der Waals surface area contributed by atoms with Crippen LogP contribution in [0.1, 0.15) is 5.69 Å². The Hall–Kier alpha value is -0.720. The highest BCUT2D eigenvalue weighted by Crippen LogP contribution is 2.25. The fourth-order valence-corrected chi connectivity index (χ4v) is 2.17. The molecule has 0 aliphatic rings. The van der Waals surface area contributed by atoms with E-state index in [1.54, 1.807) is 6.20 Å². The highest BCUT2D eigenvalue weighted by Gasteiger charge is 2.09. The summed E-state index contributed by atoms with van der Waals surface area (Å²) in [5, 5.41) is 11.1. The highest BCUT2D eigenvalue weighted by molar-refractivity contribution is 9.11. The van der Waals surface area contributed by atoms with E-state index in [-0.39, 0.29) is 0 Å². The number of benzene rings is 1. The van der Waals surface area contributed by atoms with Gasteiger partial charge in [-0.3, -0.25) is 0 Å². The Morgan fingerprint density at radius 3 is 2.94 bits per heavy atom. The largest absolute Gasteiger partial charge is 0.314 e. The molecule has 0 unspecified atom stereocenters. The summed E-state index contributed by atoms with van der Waals surface area (Å²) in [7, 11) is 1.90. The third-order valence-corrected chi connectivity index (χ3v) is 3.28. The highest BCUT2D eigenvalue weighted by atomic mass is 79.9. The predicted molar refractivity (Wildman–Crippen MR) is 69.5 cm³/mol. The van der Waals surface area contributed by atoms with Gasteiger partial charge in [0.25, 0.3) is 0 Å². The van der Waals surface area contributed by atoms with E-state index in [1.165, 1.54) is 0 Å². The molecule has 6 heteroatoms. The van der Waals surface area contributed by atoms with Crippen molar-refractivity contribution < 1.29 is 0 Å². The Bertz CT molecular complexity index is 495. The molecular formula is C10H10Br2N4. The smallest absolute Gasteiger partial charge is 0.0820 e. The molecule has 1 heterocycles. The summed E-state index contributed by atoms with van der Waals surface area (Å²) in [6.45, 7) is 0.728. The van der Waals surface area contributed by atoms with Gasteiger partial charge in [0, 0.05) is 15.5 Å². The van der Waals surface area contributed by atoms with Crippen molar-refractivity contribution in [1.82, 2.24) is 20.3 Å². The molecule has 16 heavy (non-hydrogen) atoms. The lowest BCUT2D eigenvalue weighted by atomic mass is 10.3. The van der Waals surface area contributed by atoms with Crippen molar-refractivity contribution in [3.63, 3.8) is 0 Å². The third-order valence-electron chi connectivity index (χ3n) is 2.11. The van der Waals surface area contributed by atoms with Crippen LogP contribution in [0.4, 0.5) is 0 Å². The summed E-state index contributed by atoms with van der Waals surface area (Å²) in [6.07, 6.45) is 1.75. The molecule has 2 aromatic rings. The Balaban J connectivity index is 2.49. The second-order valence-corrected chi connectivity index (χ2v) is 5.03. The van der Waals surface area contributed by atoms with Crippen molar-refractivity contribution in [2.75, 3.05) is 7.05 Å². The molecule has 0 saturated heterocycles. The first kappa shape index (κ1) is 11.8. The van der Waals surface area contributed by atoms with Gasteiger partial charge in [0.05, 0.1) is 17.6 Å². The number of rotatable bonds is 3. The first-order valence-corrected chi connectivity index (χ1v) is 6.30. The monoisotopic (exact) mass is 344 g/mol. The van der Waals surface area contributed by atoms with Gasteiger partial charge >= 0.3 is 0 Å². The molecule has 2 rings (SSSR count). The predicted octanol–water partition coefficient (Wildman–Crippen LogP) is 2.51. The minimum atomic E-state index is 0.728. The van der Waals surface area contributed by atoms with Crippen LogP contribution in [-0.2, 0) is 6.54 Å². The third kappa shape index (κ3) is 2.34. The van der Waals surface area contributed by atoms with E-state index in [4.69, 9.17) is 0 Å². The number of nitrogens with zero attached hydrogens (tertiary/aromatic N) is 3. The lowest BCUT2D eigenvalue weighted by Gasteiger charge is -2.08. The van der Waals surface area contributed by atoms with Gasteiger partial charge in [0.1, 0.15) is 0 Å². The molecule has 0 bridgehead atoms. The number of hydrogen-bond donors (Lipinski definition) is 1. The van der Waals surface area contributed by atoms with Crippen molar-refractivity contribution in [1.29, 1.82) is 0 Å². The van der Waals surface area contributed by atoms with Gasteiger partial charge in [0.15, 0.2) is 0 Å². The SMILES string of the molecule is CNCc1cnnn1-c1cc(Br)ccc1Br. The number of nitrogens with one attached hydrogen (secondary N) is 1. The molecule has 0 spiro atoms. The molecule has 4 nitrogen and oxygen atoms in total. The Labute approximate surface area is 110 Å². The van der Waals surface area contributed by atoms with Crippen molar-refractivity contribution in [2.24, 2.45) is 0 Å². The van der Waals surface area contributed by atoms with Crippen LogP contribution in [0.3, 0.4) is 0 Å². The van der Waals surface area contributed by atoms with E-state index in [2.05, 4.69) is 47.5 Å². The molecule has 0 atom stereocenters. The molecule has 0 fully saturated rings. The molecule has 1 aromatic carbocycles. The minimum Gasteiger partial charge on any atom is -0.314 e. The summed E-state index contributed by atoms with van der Waals surface area (Å²) in [6, 6.07) is 5.95. The quantitative estimate of drug-likeness (QED) is 0.929. The zero-order valence-corrected chi connectivity index (χ0v) is 11.8. The number of aromatic nitrogens is 3. The van der Waals surface area contributed by atoms with Gasteiger partial charge in [-0.2, -0.15) is 0 Å². The van der Waals surface area contributed by atoms with E-state index in [0.29, 0.717) is 0 Å². The maximum Gasteiger partial charge on any atom is 0.0820 e. The Morgan fingerprint density at radius 2 is 2.19 bits per heavy atom. The molecule has 0 amide bonds. The molecule has 0 radical (unpaired) electrons. The second kappa shape index (κ2) is 5.07. The zero-order chi connectivity index (χ0) is 11.5. The van der Waals surface area contributed by atoms with Crippen molar-refractivity contribution in [2.45, 2.75) is 6.54 Å². The molecule has 84 valence electrons. The summed E-state index contributed by atoms with van der Waals surface area (Å²) >= 11 is 6.95. The minimum absolute atomic E-state index is 0.728. The van der Waals surface area contributed by atoms with Crippen LogP contribution in [0.5, 0.6) is 0 Å². The fraction of sp³-hybridized carbons (Fsp3) is 0.200. The lowest BCUT2D eigenvalue weighted by Crippen LogP contribution is -2.11. The first-order chi connectivity index (χ1) is 7.72. The summed E-state index contributed by atoms with van der Waals surface area (Å²) < 4.78 is 3.81. The molecular weight excluding hydrogens is 336 g/mol. The van der Waals surface area contributed by atoms with E-state index in [1.807, 2.05) is 29.9 Å². The van der Waals surface area contributed by atoms with Crippen molar-refractivity contribution in [3.8, 4) is 5.69 Å². The molecule has 0 aliphatic heterocycles. The van der Waals surface area contributed by atoms with Crippen molar-refractivity contribution >= 4 is 31.9 Å². The Morgan fingerprint density at radius 1 is 1.38 bits per heavy atom. The summed E-state index contributed by atoms with van der Waals surface area (Å²) in [5.74, 6) is 0. The van der Waals surface area contributed by atoms with Crippen LogP contribution in [0.25, 0.3) is 5.69 Å². The first-order valence-electron chi connectivity index (χ1n) is 4.72. The second-order valence-electron chi connectivity index (χ2n) is 3.26. The van der Waals surface area contributed by atoms with Gasteiger partial charge in [-0.15, -0.1) is 5.10 Å². The maximum atomic E-state index is 4.08. The van der Waals surface area contributed by atoms with Crippen LogP contribution >= 0.6 is 31.9 Å². The summed E-state index contributed by atoms with van der Waals surface area (Å²) in [5.41, 5.74) is 1.98. The number of hydrogen-bond acceptors (Lipinski definition) is 3. The van der Waals surface area contributed by atoms with Crippen LogP contribution in [0, 0.1) is 0 Å². The normalized spacial score (nSPS) is 10.7. The summed E-state index contributed by atoms with van der Waals surface area (Å²) in [4.78, 5) is 0. The average molecular weight is 346 g/mol. The zero-order valence-electron chi connectivity index (χ0n) is 8.61. The van der Waals surface area contributed by atoms with Crippen LogP contribution in [-0.4, -0.2) is 22.0 Å². The van der Waals surface area contributed by atoms with Crippen LogP contribution in [0.15, 0.2) is 33.3 Å². The van der Waals surface area contributed by atoms with Crippen LogP contribution in [0.2, 0.25) is 0 Å². The van der Waals surface area contributed by atoms with Crippen LogP contribution < -0.4 is 5.32 Å². The van der Waals surface area contributed by atoms with E-state index in [0.717, 1.165) is 26.9 Å². The van der Waals surface area contributed by atoms with Gasteiger partial charge in [-0.05, 0) is 41.2 Å². The molecule has 0 saturated carbocycles. The van der Waals surface area contributed by atoms with Gasteiger partial charge in [-0.25, -0.2) is 4.68 Å². The lowest BCUT2D eigenvalue weighted by molar-refractivity contribution is 0.712. The van der Waals surface area contributed by atoms with E-state index >= 15 is 0 Å². The molecule has 1 aromatic heterocycles. The fourth-order valence-electron chi connectivity index (χ4n) is 1.41. The van der Waals surface area contributed by atoms with E-state index < -0.39 is 0 Å². The van der Waals surface area contributed by atoms with Gasteiger partial charge < -0.3 is 5.32 Å².